The van der Waals surface area contributed by atoms with E-state index in [0.717, 1.165) is 26.2 Å². The Morgan fingerprint density at radius 3 is 2.67 bits per heavy atom. The lowest BCUT2D eigenvalue weighted by molar-refractivity contribution is -0.287. The Hall–Kier alpha value is -1.37. The fourth-order valence-corrected chi connectivity index (χ4v) is 2.66. The van der Waals surface area contributed by atoms with E-state index in [9.17, 15) is 8.78 Å². The van der Waals surface area contributed by atoms with E-state index >= 15 is 0 Å². The van der Waals surface area contributed by atoms with E-state index in [1.165, 1.54) is 6.07 Å². The van der Waals surface area contributed by atoms with Gasteiger partial charge in [0.05, 0.1) is 6.04 Å². The number of nitrogens with one attached hydrogen (secondary N) is 1. The van der Waals surface area contributed by atoms with E-state index in [-0.39, 0.29) is 29.9 Å². The maximum atomic E-state index is 13.2. The molecule has 2 heterocycles. The molecule has 0 aromatic heterocycles. The van der Waals surface area contributed by atoms with Gasteiger partial charge in [0.25, 0.3) is 0 Å². The number of benzene rings is 1. The second kappa shape index (κ2) is 6.17. The van der Waals surface area contributed by atoms with Gasteiger partial charge in [-0.3, -0.25) is 4.90 Å². The first kappa shape index (κ1) is 16.0. The molecule has 4 nitrogen and oxygen atoms in total. The summed E-state index contributed by atoms with van der Waals surface area (Å²) in [7, 11) is 0. The molecule has 3 rings (SSSR count). The summed E-state index contributed by atoms with van der Waals surface area (Å²) >= 11 is 0. The van der Waals surface area contributed by atoms with Crippen LogP contribution in [0.1, 0.15) is 11.6 Å². The summed E-state index contributed by atoms with van der Waals surface area (Å²) in [5.74, 6) is 0.190. The third kappa shape index (κ3) is 3.12. The fraction of sp³-hybridized carbons (Fsp3) is 0.429. The number of hydrogen-bond donors (Lipinski definition) is 1. The van der Waals surface area contributed by atoms with Crippen LogP contribution in [0.2, 0.25) is 0 Å². The van der Waals surface area contributed by atoms with E-state index < -0.39 is 6.29 Å². The Bertz CT molecular complexity index is 522. The zero-order valence-corrected chi connectivity index (χ0v) is 12.2. The van der Waals surface area contributed by atoms with Gasteiger partial charge in [-0.05, 0) is 6.07 Å². The van der Waals surface area contributed by atoms with Gasteiger partial charge in [-0.15, -0.1) is 27.8 Å². The van der Waals surface area contributed by atoms with Crippen molar-refractivity contribution in [3.8, 4) is 11.5 Å². The van der Waals surface area contributed by atoms with E-state index in [1.807, 2.05) is 0 Å². The summed E-state index contributed by atoms with van der Waals surface area (Å²) < 4.78 is 35.6. The molecule has 0 saturated carbocycles. The van der Waals surface area contributed by atoms with Crippen LogP contribution in [-0.4, -0.2) is 37.4 Å². The molecule has 21 heavy (non-hydrogen) atoms. The van der Waals surface area contributed by atoms with Crippen molar-refractivity contribution in [3.05, 3.63) is 36.4 Å². The first-order valence-corrected chi connectivity index (χ1v) is 6.57. The highest BCUT2D eigenvalue weighted by molar-refractivity contribution is 5.85. The van der Waals surface area contributed by atoms with Gasteiger partial charge in [0.15, 0.2) is 11.5 Å². The highest BCUT2D eigenvalue weighted by Gasteiger charge is 2.45. The number of para-hydroxylation sites is 1. The third-order valence-electron chi connectivity index (χ3n) is 3.55. The Balaban J connectivity index is 0.00000161. The lowest BCUT2D eigenvalue weighted by atomic mass is 10.0. The lowest BCUT2D eigenvalue weighted by Crippen LogP contribution is -2.44. The van der Waals surface area contributed by atoms with Gasteiger partial charge < -0.3 is 14.8 Å². The van der Waals surface area contributed by atoms with Crippen molar-refractivity contribution >= 4 is 12.4 Å². The zero-order valence-electron chi connectivity index (χ0n) is 11.4. The number of fused-ring (bicyclic) bond motifs is 1. The van der Waals surface area contributed by atoms with Gasteiger partial charge in [0, 0.05) is 31.7 Å². The second-order valence-corrected chi connectivity index (χ2v) is 4.81. The maximum absolute atomic E-state index is 13.2. The maximum Gasteiger partial charge on any atom is 0.586 e. The van der Waals surface area contributed by atoms with Crippen molar-refractivity contribution in [3.63, 3.8) is 0 Å². The fourth-order valence-electron chi connectivity index (χ4n) is 2.66. The first-order valence-electron chi connectivity index (χ1n) is 6.57. The van der Waals surface area contributed by atoms with Crippen molar-refractivity contribution in [2.45, 2.75) is 12.3 Å². The molecule has 1 aromatic rings. The van der Waals surface area contributed by atoms with Crippen LogP contribution in [0, 0.1) is 0 Å². The highest BCUT2D eigenvalue weighted by Crippen LogP contribution is 2.46. The molecule has 2 aliphatic rings. The molecule has 1 N–H and O–H groups in total. The van der Waals surface area contributed by atoms with E-state index in [2.05, 4.69) is 26.3 Å². The van der Waals surface area contributed by atoms with Crippen LogP contribution >= 0.6 is 12.4 Å². The van der Waals surface area contributed by atoms with Crippen LogP contribution in [0.25, 0.3) is 0 Å². The van der Waals surface area contributed by atoms with Crippen molar-refractivity contribution in [2.24, 2.45) is 0 Å². The molecule has 1 saturated heterocycles. The molecule has 2 aliphatic heterocycles. The standard InChI is InChI=1S/C14H16F2N2O2.ClH/c1-2-11(18-8-6-17-7-9-18)10-4-3-5-12-13(10)20-14(15,16)19-12;/h2-5,11,17H,1,6-9H2;1H/t11-;/m0./s1. The Kier molecular flexibility index (Phi) is 4.70. The van der Waals surface area contributed by atoms with Crippen LogP contribution in [0.5, 0.6) is 11.5 Å². The van der Waals surface area contributed by atoms with Crippen LogP contribution in [0.3, 0.4) is 0 Å². The number of halogens is 3. The van der Waals surface area contributed by atoms with Gasteiger partial charge >= 0.3 is 6.29 Å². The quantitative estimate of drug-likeness (QED) is 0.869. The van der Waals surface area contributed by atoms with Crippen molar-refractivity contribution < 1.29 is 18.3 Å². The summed E-state index contributed by atoms with van der Waals surface area (Å²) in [6.45, 7) is 7.23. The molecule has 0 unspecified atom stereocenters. The molecule has 1 aromatic carbocycles. The predicted molar refractivity (Wildman–Crippen MR) is 77.3 cm³/mol. The molecule has 116 valence electrons. The minimum Gasteiger partial charge on any atom is -0.395 e. The average Bonchev–Trinajstić information content (AvgIpc) is 2.75. The van der Waals surface area contributed by atoms with Gasteiger partial charge in [0.2, 0.25) is 0 Å². The summed E-state index contributed by atoms with van der Waals surface area (Å²) in [6, 6.07) is 4.79. The molecular weight excluding hydrogens is 302 g/mol. The molecule has 0 radical (unpaired) electrons. The smallest absolute Gasteiger partial charge is 0.395 e. The second-order valence-electron chi connectivity index (χ2n) is 4.81. The van der Waals surface area contributed by atoms with Gasteiger partial charge in [-0.2, -0.15) is 0 Å². The summed E-state index contributed by atoms with van der Waals surface area (Å²) in [5.41, 5.74) is 0.663. The third-order valence-corrected chi connectivity index (χ3v) is 3.55. The summed E-state index contributed by atoms with van der Waals surface area (Å²) in [6.07, 6.45) is -1.84. The number of ether oxygens (including phenoxy) is 2. The highest BCUT2D eigenvalue weighted by atomic mass is 35.5. The first-order chi connectivity index (χ1) is 9.61. The summed E-state index contributed by atoms with van der Waals surface area (Å²) in [5, 5.41) is 3.26. The molecule has 0 bridgehead atoms. The van der Waals surface area contributed by atoms with Crippen LogP contribution in [0.15, 0.2) is 30.9 Å². The average molecular weight is 319 g/mol. The molecule has 0 spiro atoms. The topological polar surface area (TPSA) is 33.7 Å². The van der Waals surface area contributed by atoms with Gasteiger partial charge in [0.1, 0.15) is 0 Å². The minimum atomic E-state index is -3.59. The van der Waals surface area contributed by atoms with Crippen LogP contribution in [0.4, 0.5) is 8.78 Å². The number of piperazine rings is 1. The largest absolute Gasteiger partial charge is 0.586 e. The molecule has 1 fully saturated rings. The van der Waals surface area contributed by atoms with E-state index in [0.29, 0.717) is 5.56 Å². The van der Waals surface area contributed by atoms with Crippen molar-refractivity contribution in [1.82, 2.24) is 10.2 Å². The Morgan fingerprint density at radius 2 is 2.00 bits per heavy atom. The number of alkyl halides is 2. The van der Waals surface area contributed by atoms with Gasteiger partial charge in [-0.25, -0.2) is 0 Å². The Morgan fingerprint density at radius 1 is 1.29 bits per heavy atom. The monoisotopic (exact) mass is 318 g/mol. The molecule has 1 atom stereocenters. The van der Waals surface area contributed by atoms with Gasteiger partial charge in [-0.1, -0.05) is 18.2 Å². The van der Waals surface area contributed by atoms with Crippen molar-refractivity contribution in [1.29, 1.82) is 0 Å². The molecule has 7 heteroatoms. The van der Waals surface area contributed by atoms with E-state index in [1.54, 1.807) is 18.2 Å². The number of rotatable bonds is 3. The molecule has 0 aliphatic carbocycles. The Labute approximate surface area is 128 Å². The normalized spacial score (nSPS) is 21.4. The van der Waals surface area contributed by atoms with Crippen LogP contribution < -0.4 is 14.8 Å². The lowest BCUT2D eigenvalue weighted by Gasteiger charge is -2.33. The zero-order chi connectivity index (χ0) is 14.2. The molecular formula is C14H17ClF2N2O2. The number of hydrogen-bond acceptors (Lipinski definition) is 4. The summed E-state index contributed by atoms with van der Waals surface area (Å²) in [4.78, 5) is 2.18. The van der Waals surface area contributed by atoms with Crippen LogP contribution in [-0.2, 0) is 0 Å². The number of nitrogens with zero attached hydrogens (tertiary/aromatic N) is 1. The van der Waals surface area contributed by atoms with E-state index in [4.69, 9.17) is 0 Å². The SMILES string of the molecule is C=C[C@@H](c1cccc2c1OC(F)(F)O2)N1CCNCC1.Cl. The van der Waals surface area contributed by atoms with Crippen molar-refractivity contribution in [2.75, 3.05) is 26.2 Å². The molecule has 0 amide bonds. The minimum absolute atomic E-state index is 0. The predicted octanol–water partition coefficient (Wildman–Crippen LogP) is 2.56.